The molecule has 5 nitrogen and oxygen atoms in total. The Bertz CT molecular complexity index is 1160. The number of hydrogen-bond donors (Lipinski definition) is 2. The van der Waals surface area contributed by atoms with Crippen molar-refractivity contribution in [2.75, 3.05) is 5.32 Å². The predicted molar refractivity (Wildman–Crippen MR) is 107 cm³/mol. The number of amides is 1. The SMILES string of the molecule is Cc1ccccc1CSc1nc2c(c(=O)[nH]1)[C@H](c1cccc(F)c1F)CC(=O)N2. The van der Waals surface area contributed by atoms with E-state index in [2.05, 4.69) is 15.3 Å². The topological polar surface area (TPSA) is 74.8 Å². The first kappa shape index (κ1) is 19.3. The van der Waals surface area contributed by atoms with Gasteiger partial charge in [-0.05, 0) is 29.7 Å². The number of aromatic amines is 1. The fourth-order valence-electron chi connectivity index (χ4n) is 3.39. The smallest absolute Gasteiger partial charge is 0.257 e. The van der Waals surface area contributed by atoms with Crippen molar-refractivity contribution in [2.45, 2.75) is 30.2 Å². The van der Waals surface area contributed by atoms with Gasteiger partial charge in [-0.25, -0.2) is 13.8 Å². The molecule has 0 bridgehead atoms. The number of anilines is 1. The third kappa shape index (κ3) is 3.80. The lowest BCUT2D eigenvalue weighted by atomic mass is 9.86. The second kappa shape index (κ2) is 7.79. The van der Waals surface area contributed by atoms with Crippen LogP contribution in [0.4, 0.5) is 14.6 Å². The second-order valence-corrected chi connectivity index (χ2v) is 7.76. The summed E-state index contributed by atoms with van der Waals surface area (Å²) in [5.41, 5.74) is 1.84. The number of nitrogens with one attached hydrogen (secondary N) is 2. The molecule has 3 aromatic rings. The van der Waals surface area contributed by atoms with E-state index < -0.39 is 29.0 Å². The molecule has 1 aromatic heterocycles. The van der Waals surface area contributed by atoms with Gasteiger partial charge in [0.2, 0.25) is 5.91 Å². The van der Waals surface area contributed by atoms with Gasteiger partial charge in [0.15, 0.2) is 16.8 Å². The zero-order valence-electron chi connectivity index (χ0n) is 15.5. The van der Waals surface area contributed by atoms with Gasteiger partial charge < -0.3 is 10.3 Å². The number of thioether (sulfide) groups is 1. The molecule has 1 aliphatic rings. The first-order chi connectivity index (χ1) is 13.9. The van der Waals surface area contributed by atoms with Crippen molar-refractivity contribution in [1.29, 1.82) is 0 Å². The first-order valence-electron chi connectivity index (χ1n) is 8.99. The number of halogens is 2. The standard InChI is InChI=1S/C21H17F2N3O2S/c1-11-5-2-3-6-12(11)10-29-21-25-19-17(20(28)26-21)14(9-16(27)24-19)13-7-4-8-15(22)18(13)23/h2-8,14H,9-10H2,1H3,(H2,24,25,26,27,28)/t14-/m0/s1. The summed E-state index contributed by atoms with van der Waals surface area (Å²) >= 11 is 1.33. The Morgan fingerprint density at radius 3 is 2.72 bits per heavy atom. The molecular formula is C21H17F2N3O2S. The Morgan fingerprint density at radius 1 is 1.14 bits per heavy atom. The van der Waals surface area contributed by atoms with E-state index in [-0.39, 0.29) is 23.4 Å². The summed E-state index contributed by atoms with van der Waals surface area (Å²) in [5.74, 6) is -2.71. The van der Waals surface area contributed by atoms with Crippen molar-refractivity contribution in [1.82, 2.24) is 9.97 Å². The summed E-state index contributed by atoms with van der Waals surface area (Å²) in [6, 6.07) is 11.6. The number of aromatic nitrogens is 2. The van der Waals surface area contributed by atoms with Crippen LogP contribution in [0, 0.1) is 18.6 Å². The molecule has 1 atom stereocenters. The van der Waals surface area contributed by atoms with Crippen LogP contribution in [0.15, 0.2) is 52.4 Å². The molecule has 29 heavy (non-hydrogen) atoms. The summed E-state index contributed by atoms with van der Waals surface area (Å²) in [6.07, 6.45) is -0.159. The molecule has 148 valence electrons. The Hall–Kier alpha value is -3.00. The van der Waals surface area contributed by atoms with E-state index in [0.29, 0.717) is 10.9 Å². The second-order valence-electron chi connectivity index (χ2n) is 6.80. The summed E-state index contributed by atoms with van der Waals surface area (Å²) in [7, 11) is 0. The van der Waals surface area contributed by atoms with Crippen molar-refractivity contribution in [3.05, 3.63) is 86.7 Å². The van der Waals surface area contributed by atoms with Gasteiger partial charge in [0, 0.05) is 18.1 Å². The van der Waals surface area contributed by atoms with E-state index in [9.17, 15) is 18.4 Å². The number of rotatable bonds is 4. The van der Waals surface area contributed by atoms with Crippen molar-refractivity contribution in [2.24, 2.45) is 0 Å². The fourth-order valence-corrected chi connectivity index (χ4v) is 4.33. The van der Waals surface area contributed by atoms with E-state index in [4.69, 9.17) is 0 Å². The zero-order chi connectivity index (χ0) is 20.5. The predicted octanol–water partition coefficient (Wildman–Crippen LogP) is 4.12. The summed E-state index contributed by atoms with van der Waals surface area (Å²) in [6.45, 7) is 2.00. The van der Waals surface area contributed by atoms with Crippen LogP contribution in [0.3, 0.4) is 0 Å². The Balaban J connectivity index is 1.70. The molecule has 1 amide bonds. The minimum Gasteiger partial charge on any atom is -0.310 e. The van der Waals surface area contributed by atoms with E-state index in [1.807, 2.05) is 31.2 Å². The Morgan fingerprint density at radius 2 is 1.93 bits per heavy atom. The van der Waals surface area contributed by atoms with E-state index in [0.717, 1.165) is 17.2 Å². The molecule has 2 N–H and O–H groups in total. The summed E-state index contributed by atoms with van der Waals surface area (Å²) in [4.78, 5) is 32.0. The minimum atomic E-state index is -1.06. The van der Waals surface area contributed by atoms with Gasteiger partial charge in [-0.2, -0.15) is 0 Å². The first-order valence-corrected chi connectivity index (χ1v) is 9.98. The molecule has 0 spiro atoms. The number of H-pyrrole nitrogens is 1. The van der Waals surface area contributed by atoms with Gasteiger partial charge >= 0.3 is 0 Å². The molecule has 0 unspecified atom stereocenters. The van der Waals surface area contributed by atoms with Crippen LogP contribution in [0.2, 0.25) is 0 Å². The summed E-state index contributed by atoms with van der Waals surface area (Å²) < 4.78 is 28.0. The van der Waals surface area contributed by atoms with Crippen molar-refractivity contribution < 1.29 is 13.6 Å². The molecule has 2 heterocycles. The maximum Gasteiger partial charge on any atom is 0.257 e. The number of benzene rings is 2. The van der Waals surface area contributed by atoms with Crippen LogP contribution in [-0.2, 0) is 10.5 Å². The molecule has 0 aliphatic carbocycles. The van der Waals surface area contributed by atoms with Crippen molar-refractivity contribution in [3.63, 3.8) is 0 Å². The lowest BCUT2D eigenvalue weighted by molar-refractivity contribution is -0.116. The van der Waals surface area contributed by atoms with Gasteiger partial charge in [0.25, 0.3) is 5.56 Å². The molecule has 0 fully saturated rings. The highest BCUT2D eigenvalue weighted by molar-refractivity contribution is 7.98. The molecule has 0 radical (unpaired) electrons. The van der Waals surface area contributed by atoms with Crippen molar-refractivity contribution in [3.8, 4) is 0 Å². The maximum absolute atomic E-state index is 14.3. The van der Waals surface area contributed by atoms with Gasteiger partial charge in [-0.3, -0.25) is 9.59 Å². The molecular weight excluding hydrogens is 396 g/mol. The number of carbonyl (C=O) groups is 1. The summed E-state index contributed by atoms with van der Waals surface area (Å²) in [5, 5.41) is 2.93. The van der Waals surface area contributed by atoms with Crippen LogP contribution in [0.5, 0.6) is 0 Å². The monoisotopic (exact) mass is 413 g/mol. The number of carbonyl (C=O) groups excluding carboxylic acids is 1. The Labute approximate surface area is 169 Å². The highest BCUT2D eigenvalue weighted by atomic mass is 32.2. The van der Waals surface area contributed by atoms with Crippen LogP contribution in [0.1, 0.15) is 34.6 Å². The zero-order valence-corrected chi connectivity index (χ0v) is 16.3. The third-order valence-electron chi connectivity index (χ3n) is 4.91. The Kier molecular flexibility index (Phi) is 5.19. The largest absolute Gasteiger partial charge is 0.310 e. The average Bonchev–Trinajstić information content (AvgIpc) is 2.68. The number of aryl methyl sites for hydroxylation is 1. The van der Waals surface area contributed by atoms with Gasteiger partial charge in [-0.15, -0.1) is 0 Å². The van der Waals surface area contributed by atoms with E-state index in [1.54, 1.807) is 0 Å². The molecule has 0 saturated heterocycles. The highest BCUT2D eigenvalue weighted by Crippen LogP contribution is 2.36. The third-order valence-corrected chi connectivity index (χ3v) is 5.83. The molecule has 1 aliphatic heterocycles. The van der Waals surface area contributed by atoms with Crippen LogP contribution >= 0.6 is 11.8 Å². The minimum absolute atomic E-state index is 0.0336. The van der Waals surface area contributed by atoms with E-state index >= 15 is 0 Å². The molecule has 8 heteroatoms. The maximum atomic E-state index is 14.3. The van der Waals surface area contributed by atoms with Crippen LogP contribution in [0.25, 0.3) is 0 Å². The van der Waals surface area contributed by atoms with Crippen molar-refractivity contribution >= 4 is 23.5 Å². The number of hydrogen-bond acceptors (Lipinski definition) is 4. The van der Waals surface area contributed by atoms with Crippen LogP contribution in [-0.4, -0.2) is 15.9 Å². The fraction of sp³-hybridized carbons (Fsp3) is 0.190. The quantitative estimate of drug-likeness (QED) is 0.498. The number of nitrogens with zero attached hydrogens (tertiary/aromatic N) is 1. The molecule has 0 saturated carbocycles. The molecule has 4 rings (SSSR count). The highest BCUT2D eigenvalue weighted by Gasteiger charge is 2.33. The normalized spacial score (nSPS) is 15.7. The lowest BCUT2D eigenvalue weighted by Crippen LogP contribution is -2.31. The van der Waals surface area contributed by atoms with Gasteiger partial charge in [0.1, 0.15) is 5.82 Å². The molecule has 2 aromatic carbocycles. The lowest BCUT2D eigenvalue weighted by Gasteiger charge is -2.24. The van der Waals surface area contributed by atoms with Crippen LogP contribution < -0.4 is 10.9 Å². The van der Waals surface area contributed by atoms with E-state index in [1.165, 1.54) is 23.9 Å². The van der Waals surface area contributed by atoms with Gasteiger partial charge in [-0.1, -0.05) is 48.2 Å². The van der Waals surface area contributed by atoms with Gasteiger partial charge in [0.05, 0.1) is 5.56 Å². The number of fused-ring (bicyclic) bond motifs is 1. The average molecular weight is 413 g/mol.